The number of nitrogens with one attached hydrogen (secondary N) is 1. The number of thiophene rings is 2. The minimum Gasteiger partial charge on any atom is -0.462 e. The lowest BCUT2D eigenvalue weighted by molar-refractivity contribution is -0.119. The SMILES string of the molecule is CCOC(=O)c1sc(NC(=O)COC(=O)c2sccc2-n2cnnn2)cc1C. The number of tetrazole rings is 1. The molecule has 0 aromatic carbocycles. The Labute approximate surface area is 167 Å². The van der Waals surface area contributed by atoms with Crippen molar-refractivity contribution in [1.82, 2.24) is 20.2 Å². The maximum Gasteiger partial charge on any atom is 0.351 e. The number of anilines is 1. The van der Waals surface area contributed by atoms with Crippen molar-refractivity contribution in [2.75, 3.05) is 18.5 Å². The standard InChI is InChI=1S/C16H15N5O5S2/c1-3-25-15(23)13-9(2)6-12(28-13)18-11(22)7-26-16(24)14-10(4-5-27-14)21-8-17-19-20-21/h4-6,8H,3,7H2,1-2H3,(H,18,22). The van der Waals surface area contributed by atoms with Gasteiger partial charge in [0, 0.05) is 0 Å². The monoisotopic (exact) mass is 421 g/mol. The number of nitrogens with zero attached hydrogens (tertiary/aromatic N) is 4. The minimum absolute atomic E-state index is 0.267. The van der Waals surface area contributed by atoms with Crippen molar-refractivity contribution in [1.29, 1.82) is 0 Å². The van der Waals surface area contributed by atoms with Crippen molar-refractivity contribution in [2.45, 2.75) is 13.8 Å². The Morgan fingerprint density at radius 2 is 2.00 bits per heavy atom. The van der Waals surface area contributed by atoms with E-state index in [-0.39, 0.29) is 11.5 Å². The third kappa shape index (κ3) is 4.40. The Bertz CT molecular complexity index is 995. The van der Waals surface area contributed by atoms with Gasteiger partial charge in [0.25, 0.3) is 5.91 Å². The van der Waals surface area contributed by atoms with Crippen LogP contribution in [0.25, 0.3) is 5.69 Å². The average Bonchev–Trinajstić information content (AvgIpc) is 3.40. The second-order valence-corrected chi connectivity index (χ2v) is 7.33. The molecule has 0 radical (unpaired) electrons. The fourth-order valence-corrected chi connectivity index (χ4v) is 3.97. The lowest BCUT2D eigenvalue weighted by Gasteiger charge is -2.05. The summed E-state index contributed by atoms with van der Waals surface area (Å²) >= 11 is 2.25. The van der Waals surface area contributed by atoms with E-state index in [1.807, 2.05) is 0 Å². The summed E-state index contributed by atoms with van der Waals surface area (Å²) in [6.07, 6.45) is 1.35. The molecule has 0 atom stereocenters. The van der Waals surface area contributed by atoms with E-state index in [1.165, 1.54) is 11.0 Å². The van der Waals surface area contributed by atoms with Crippen molar-refractivity contribution in [3.63, 3.8) is 0 Å². The summed E-state index contributed by atoms with van der Waals surface area (Å²) in [5.74, 6) is -1.62. The van der Waals surface area contributed by atoms with E-state index >= 15 is 0 Å². The van der Waals surface area contributed by atoms with E-state index in [0.717, 1.165) is 22.7 Å². The zero-order valence-electron chi connectivity index (χ0n) is 14.9. The highest BCUT2D eigenvalue weighted by molar-refractivity contribution is 7.18. The molecular weight excluding hydrogens is 406 g/mol. The smallest absolute Gasteiger partial charge is 0.351 e. The van der Waals surface area contributed by atoms with Gasteiger partial charge in [0.2, 0.25) is 0 Å². The first-order valence-corrected chi connectivity index (χ1v) is 9.74. The van der Waals surface area contributed by atoms with Crippen LogP contribution in [0, 0.1) is 6.92 Å². The molecule has 146 valence electrons. The molecule has 0 aliphatic rings. The molecule has 0 saturated carbocycles. The first-order valence-electron chi connectivity index (χ1n) is 8.05. The quantitative estimate of drug-likeness (QED) is 0.575. The summed E-state index contributed by atoms with van der Waals surface area (Å²) in [6, 6.07) is 3.33. The van der Waals surface area contributed by atoms with Crippen LogP contribution in [0.5, 0.6) is 0 Å². The van der Waals surface area contributed by atoms with Gasteiger partial charge in [-0.1, -0.05) is 0 Å². The number of ether oxygens (including phenoxy) is 2. The van der Waals surface area contributed by atoms with Crippen LogP contribution in [-0.4, -0.2) is 51.3 Å². The number of hydrogen-bond donors (Lipinski definition) is 1. The molecule has 0 bridgehead atoms. The van der Waals surface area contributed by atoms with Gasteiger partial charge < -0.3 is 14.8 Å². The van der Waals surface area contributed by atoms with Crippen LogP contribution in [0.1, 0.15) is 31.8 Å². The van der Waals surface area contributed by atoms with Crippen molar-refractivity contribution in [3.8, 4) is 5.69 Å². The Hall–Kier alpha value is -3.12. The third-order valence-electron chi connectivity index (χ3n) is 3.40. The van der Waals surface area contributed by atoms with Gasteiger partial charge in [-0.2, -0.15) is 4.68 Å². The highest BCUT2D eigenvalue weighted by atomic mass is 32.1. The van der Waals surface area contributed by atoms with Crippen LogP contribution in [-0.2, 0) is 14.3 Å². The molecule has 0 saturated heterocycles. The first kappa shape index (κ1) is 19.6. The van der Waals surface area contributed by atoms with E-state index in [9.17, 15) is 14.4 Å². The van der Waals surface area contributed by atoms with Gasteiger partial charge in [0.15, 0.2) is 6.61 Å². The predicted molar refractivity (Wildman–Crippen MR) is 101 cm³/mol. The maximum absolute atomic E-state index is 12.3. The van der Waals surface area contributed by atoms with Crippen LogP contribution in [0.2, 0.25) is 0 Å². The molecule has 1 amide bonds. The molecule has 10 nitrogen and oxygen atoms in total. The fraction of sp³-hybridized carbons (Fsp3) is 0.250. The summed E-state index contributed by atoms with van der Waals surface area (Å²) in [4.78, 5) is 36.9. The summed E-state index contributed by atoms with van der Waals surface area (Å²) in [7, 11) is 0. The molecule has 3 heterocycles. The topological polar surface area (TPSA) is 125 Å². The number of esters is 2. The Kier molecular flexibility index (Phi) is 6.11. The second-order valence-electron chi connectivity index (χ2n) is 5.36. The zero-order chi connectivity index (χ0) is 20.1. The van der Waals surface area contributed by atoms with Gasteiger partial charge in [0.05, 0.1) is 17.3 Å². The van der Waals surface area contributed by atoms with Crippen LogP contribution in [0.15, 0.2) is 23.8 Å². The van der Waals surface area contributed by atoms with E-state index in [4.69, 9.17) is 9.47 Å². The van der Waals surface area contributed by atoms with E-state index in [1.54, 1.807) is 31.4 Å². The van der Waals surface area contributed by atoms with E-state index in [0.29, 0.717) is 21.1 Å². The average molecular weight is 421 g/mol. The van der Waals surface area contributed by atoms with Gasteiger partial charge in [-0.25, -0.2) is 9.59 Å². The number of carbonyl (C=O) groups excluding carboxylic acids is 3. The first-order chi connectivity index (χ1) is 13.5. The van der Waals surface area contributed by atoms with Crippen molar-refractivity contribution in [2.24, 2.45) is 0 Å². The van der Waals surface area contributed by atoms with Crippen LogP contribution >= 0.6 is 22.7 Å². The largest absolute Gasteiger partial charge is 0.462 e. The number of rotatable bonds is 7. The summed E-state index contributed by atoms with van der Waals surface area (Å²) < 4.78 is 11.4. The molecule has 3 aromatic rings. The normalized spacial score (nSPS) is 10.5. The zero-order valence-corrected chi connectivity index (χ0v) is 16.5. The molecule has 3 rings (SSSR count). The molecule has 3 aromatic heterocycles. The minimum atomic E-state index is -0.662. The second kappa shape index (κ2) is 8.71. The van der Waals surface area contributed by atoms with Crippen LogP contribution < -0.4 is 5.32 Å². The number of aryl methyl sites for hydroxylation is 1. The Balaban J connectivity index is 1.58. The fourth-order valence-electron chi connectivity index (χ4n) is 2.22. The molecule has 0 spiro atoms. The molecule has 0 fully saturated rings. The van der Waals surface area contributed by atoms with Crippen LogP contribution in [0.3, 0.4) is 0 Å². The third-order valence-corrected chi connectivity index (χ3v) is 5.42. The van der Waals surface area contributed by atoms with Crippen molar-refractivity contribution >= 4 is 45.5 Å². The molecular formula is C16H15N5O5S2. The Morgan fingerprint density at radius 1 is 1.21 bits per heavy atom. The predicted octanol–water partition coefficient (Wildman–Crippen LogP) is 2.07. The highest BCUT2D eigenvalue weighted by Crippen LogP contribution is 2.27. The van der Waals surface area contributed by atoms with Crippen molar-refractivity contribution < 1.29 is 23.9 Å². The van der Waals surface area contributed by atoms with Gasteiger partial charge in [-0.15, -0.1) is 27.8 Å². The maximum atomic E-state index is 12.3. The number of carbonyl (C=O) groups is 3. The number of hydrogen-bond acceptors (Lipinski definition) is 10. The molecule has 1 N–H and O–H groups in total. The van der Waals surface area contributed by atoms with Gasteiger partial charge in [-0.05, 0) is 47.4 Å². The van der Waals surface area contributed by atoms with Gasteiger partial charge in [0.1, 0.15) is 16.1 Å². The summed E-state index contributed by atoms with van der Waals surface area (Å²) in [5.41, 5.74) is 1.16. The van der Waals surface area contributed by atoms with Gasteiger partial charge >= 0.3 is 11.9 Å². The summed E-state index contributed by atoms with van der Waals surface area (Å²) in [5, 5.41) is 15.5. The number of amides is 1. The molecule has 12 heteroatoms. The Morgan fingerprint density at radius 3 is 2.71 bits per heavy atom. The molecule has 28 heavy (non-hydrogen) atoms. The summed E-state index contributed by atoms with van der Waals surface area (Å²) in [6.45, 7) is 3.26. The molecule has 0 unspecified atom stereocenters. The van der Waals surface area contributed by atoms with Gasteiger partial charge in [-0.3, -0.25) is 4.79 Å². The van der Waals surface area contributed by atoms with E-state index in [2.05, 4.69) is 20.8 Å². The lowest BCUT2D eigenvalue weighted by Crippen LogP contribution is -2.20. The molecule has 0 aliphatic carbocycles. The molecule has 0 aliphatic heterocycles. The highest BCUT2D eigenvalue weighted by Gasteiger charge is 2.19. The number of aromatic nitrogens is 4. The van der Waals surface area contributed by atoms with Crippen molar-refractivity contribution in [3.05, 3.63) is 39.2 Å². The van der Waals surface area contributed by atoms with Crippen LogP contribution in [0.4, 0.5) is 5.00 Å². The lowest BCUT2D eigenvalue weighted by atomic mass is 10.3. The van der Waals surface area contributed by atoms with E-state index < -0.39 is 24.5 Å².